The van der Waals surface area contributed by atoms with Gasteiger partial charge in [0.15, 0.2) is 5.01 Å². The van der Waals surface area contributed by atoms with E-state index in [1.165, 1.54) is 10.8 Å². The van der Waals surface area contributed by atoms with Gasteiger partial charge < -0.3 is 19.5 Å². The Hall–Kier alpha value is -1.87. The minimum absolute atomic E-state index is 0.242. The quantitative estimate of drug-likeness (QED) is 0.415. The van der Waals surface area contributed by atoms with E-state index in [2.05, 4.69) is 9.51 Å². The van der Waals surface area contributed by atoms with Crippen molar-refractivity contribution in [3.05, 3.63) is 52.1 Å². The zero-order valence-electron chi connectivity index (χ0n) is 13.8. The number of thiazole rings is 1. The maximum atomic E-state index is 12.9. The molecule has 138 valence electrons. The van der Waals surface area contributed by atoms with E-state index in [1.807, 2.05) is 6.92 Å². The zero-order valence-corrected chi connectivity index (χ0v) is 15.5. The molecule has 0 amide bonds. The van der Waals surface area contributed by atoms with Gasteiger partial charge in [-0.3, -0.25) is 9.32 Å². The van der Waals surface area contributed by atoms with E-state index in [0.29, 0.717) is 28.6 Å². The van der Waals surface area contributed by atoms with Crippen LogP contribution in [0.15, 0.2) is 35.8 Å². The molecule has 0 fully saturated rings. The number of phosphoric acid groups is 1. The monoisotopic (exact) mass is 396 g/mol. The number of carbonyl (C=O) groups is 1. The average Bonchev–Trinajstić information content (AvgIpc) is 3.23. The minimum atomic E-state index is -4.64. The Balaban J connectivity index is 1.98. The number of hydrogen-bond acceptors (Lipinski definition) is 6. The lowest BCUT2D eigenvalue weighted by Gasteiger charge is -2.07. The number of para-hydroxylation sites is 1. The number of carbonyl (C=O) groups excluding carboxylic acids is 1. The van der Waals surface area contributed by atoms with Crippen LogP contribution >= 0.6 is 19.2 Å². The third-order valence-corrected chi connectivity index (χ3v) is 5.15. The van der Waals surface area contributed by atoms with E-state index in [9.17, 15) is 14.5 Å². The molecule has 2 heterocycles. The Morgan fingerprint density at radius 1 is 1.38 bits per heavy atom. The number of ketones is 1. The van der Waals surface area contributed by atoms with Crippen molar-refractivity contribution in [2.24, 2.45) is 0 Å². The van der Waals surface area contributed by atoms with Crippen molar-refractivity contribution >= 4 is 35.8 Å². The number of rotatable bonds is 7. The van der Waals surface area contributed by atoms with Crippen molar-refractivity contribution in [1.82, 2.24) is 9.55 Å². The maximum absolute atomic E-state index is 12.9. The normalized spacial score (nSPS) is 13.2. The molecular weight excluding hydrogens is 379 g/mol. The molecular formula is C16H17N2O6PS. The summed E-state index contributed by atoms with van der Waals surface area (Å²) in [5.74, 6) is -0.323. The van der Waals surface area contributed by atoms with Crippen LogP contribution in [0, 0.1) is 0 Å². The van der Waals surface area contributed by atoms with E-state index in [1.54, 1.807) is 29.6 Å². The summed E-state index contributed by atoms with van der Waals surface area (Å²) in [5, 5.41) is 12.4. The van der Waals surface area contributed by atoms with Crippen LogP contribution in [-0.4, -0.2) is 30.2 Å². The van der Waals surface area contributed by atoms with Gasteiger partial charge in [-0.25, -0.2) is 9.55 Å². The number of fused-ring (bicyclic) bond motifs is 1. The Morgan fingerprint density at radius 2 is 2.12 bits per heavy atom. The first-order valence-electron chi connectivity index (χ1n) is 7.76. The van der Waals surface area contributed by atoms with Crippen LogP contribution in [0.25, 0.3) is 10.9 Å². The fourth-order valence-electron chi connectivity index (χ4n) is 2.54. The van der Waals surface area contributed by atoms with Gasteiger partial charge in [0, 0.05) is 17.0 Å². The van der Waals surface area contributed by atoms with Gasteiger partial charge in [-0.1, -0.05) is 25.1 Å². The van der Waals surface area contributed by atoms with Crippen molar-refractivity contribution in [3.63, 3.8) is 0 Å². The summed E-state index contributed by atoms with van der Waals surface area (Å²) in [7, 11) is -4.64. The van der Waals surface area contributed by atoms with Crippen molar-refractivity contribution < 1.29 is 28.8 Å². The average molecular weight is 396 g/mol. The summed E-state index contributed by atoms with van der Waals surface area (Å²) in [5.41, 5.74) is 1.41. The standard InChI is InChI=1S/C16H17N2O6PS/c1-2-14(19)12-8-26-16(17-12)15(20)11-7-18(9-24-25(21,22)23)13-6-4-3-5-10(11)13/h3-8,14,19H,2,9H2,1H3,(H2,21,22,23)/t14-/m1/s1. The van der Waals surface area contributed by atoms with Crippen LogP contribution in [-0.2, 0) is 15.8 Å². The van der Waals surface area contributed by atoms with Crippen molar-refractivity contribution in [2.75, 3.05) is 0 Å². The molecule has 0 aliphatic heterocycles. The second-order valence-electron chi connectivity index (χ2n) is 5.61. The van der Waals surface area contributed by atoms with Crippen molar-refractivity contribution in [1.29, 1.82) is 0 Å². The maximum Gasteiger partial charge on any atom is 0.471 e. The fraction of sp³-hybridized carbons (Fsp3) is 0.250. The second kappa shape index (κ2) is 7.40. The van der Waals surface area contributed by atoms with E-state index in [-0.39, 0.29) is 10.8 Å². The molecule has 0 saturated heterocycles. The largest absolute Gasteiger partial charge is 0.471 e. The summed E-state index contributed by atoms with van der Waals surface area (Å²) in [6, 6.07) is 6.99. The van der Waals surface area contributed by atoms with Gasteiger partial charge in [0.2, 0.25) is 5.78 Å². The molecule has 0 bridgehead atoms. The van der Waals surface area contributed by atoms with E-state index in [4.69, 9.17) is 9.79 Å². The second-order valence-corrected chi connectivity index (χ2v) is 7.71. The summed E-state index contributed by atoms with van der Waals surface area (Å²) in [6.45, 7) is 1.43. The predicted molar refractivity (Wildman–Crippen MR) is 95.9 cm³/mol. The third-order valence-electron chi connectivity index (χ3n) is 3.84. The molecule has 0 radical (unpaired) electrons. The lowest BCUT2D eigenvalue weighted by atomic mass is 10.1. The SMILES string of the molecule is CC[C@@H](O)c1csc(C(=O)c2cn(COP(=O)(O)O)c3ccccc23)n1. The number of phosphoric ester groups is 1. The summed E-state index contributed by atoms with van der Waals surface area (Å²) < 4.78 is 17.0. The van der Waals surface area contributed by atoms with E-state index < -0.39 is 20.7 Å². The van der Waals surface area contributed by atoms with Crippen LogP contribution in [0.5, 0.6) is 0 Å². The fourth-order valence-corrected chi connectivity index (χ4v) is 3.63. The number of benzene rings is 1. The molecule has 0 unspecified atom stereocenters. The lowest BCUT2D eigenvalue weighted by Crippen LogP contribution is -2.03. The topological polar surface area (TPSA) is 122 Å². The molecule has 0 aliphatic rings. The highest BCUT2D eigenvalue weighted by Gasteiger charge is 2.22. The zero-order chi connectivity index (χ0) is 18.9. The Morgan fingerprint density at radius 3 is 2.81 bits per heavy atom. The Bertz CT molecular complexity index is 992. The molecule has 26 heavy (non-hydrogen) atoms. The van der Waals surface area contributed by atoms with Gasteiger partial charge in [-0.05, 0) is 12.5 Å². The van der Waals surface area contributed by atoms with Gasteiger partial charge in [-0.2, -0.15) is 0 Å². The van der Waals surface area contributed by atoms with E-state index >= 15 is 0 Å². The molecule has 3 aromatic rings. The number of nitrogens with zero attached hydrogens (tertiary/aromatic N) is 2. The third kappa shape index (κ3) is 3.93. The van der Waals surface area contributed by atoms with Gasteiger partial charge >= 0.3 is 7.82 Å². The smallest absolute Gasteiger partial charge is 0.387 e. The molecule has 2 aromatic heterocycles. The van der Waals surface area contributed by atoms with Crippen LogP contribution in [0.2, 0.25) is 0 Å². The number of hydrogen-bond donors (Lipinski definition) is 3. The van der Waals surface area contributed by atoms with Crippen LogP contribution < -0.4 is 0 Å². The molecule has 3 N–H and O–H groups in total. The first-order valence-corrected chi connectivity index (χ1v) is 10.2. The van der Waals surface area contributed by atoms with Crippen molar-refractivity contribution in [2.45, 2.75) is 26.2 Å². The predicted octanol–water partition coefficient (Wildman–Crippen LogP) is 2.84. The summed E-state index contributed by atoms with van der Waals surface area (Å²) in [4.78, 5) is 34.9. The summed E-state index contributed by atoms with van der Waals surface area (Å²) >= 11 is 1.15. The molecule has 1 atom stereocenters. The molecule has 0 aliphatic carbocycles. The van der Waals surface area contributed by atoms with Crippen LogP contribution in [0.1, 0.15) is 40.5 Å². The highest BCUT2D eigenvalue weighted by Crippen LogP contribution is 2.37. The molecule has 3 rings (SSSR count). The first kappa shape index (κ1) is 18.9. The molecule has 10 heteroatoms. The molecule has 8 nitrogen and oxygen atoms in total. The number of aliphatic hydroxyl groups is 1. The van der Waals surface area contributed by atoms with Gasteiger partial charge in [0.25, 0.3) is 0 Å². The molecule has 1 aromatic carbocycles. The van der Waals surface area contributed by atoms with Crippen molar-refractivity contribution in [3.8, 4) is 0 Å². The van der Waals surface area contributed by atoms with Crippen LogP contribution in [0.3, 0.4) is 0 Å². The highest BCUT2D eigenvalue weighted by atomic mass is 32.1. The molecule has 0 saturated carbocycles. The minimum Gasteiger partial charge on any atom is -0.387 e. The number of aromatic nitrogens is 2. The van der Waals surface area contributed by atoms with Crippen LogP contribution in [0.4, 0.5) is 0 Å². The molecule has 0 spiro atoms. The Kier molecular flexibility index (Phi) is 5.38. The van der Waals surface area contributed by atoms with Gasteiger partial charge in [-0.15, -0.1) is 11.3 Å². The number of aliphatic hydroxyl groups excluding tert-OH is 1. The Labute approximate surface area is 152 Å². The first-order chi connectivity index (χ1) is 12.3. The van der Waals surface area contributed by atoms with Gasteiger partial charge in [0.05, 0.1) is 22.9 Å². The summed E-state index contributed by atoms with van der Waals surface area (Å²) in [6.07, 6.45) is 1.27. The lowest BCUT2D eigenvalue weighted by molar-refractivity contribution is 0.103. The van der Waals surface area contributed by atoms with E-state index in [0.717, 1.165) is 11.3 Å². The highest BCUT2D eigenvalue weighted by molar-refractivity contribution is 7.46. The van der Waals surface area contributed by atoms with Gasteiger partial charge in [0.1, 0.15) is 6.73 Å².